The van der Waals surface area contributed by atoms with Crippen LogP contribution in [-0.4, -0.2) is 26.6 Å². The molecule has 0 saturated heterocycles. The van der Waals surface area contributed by atoms with Crippen LogP contribution in [0.15, 0.2) is 18.2 Å². The van der Waals surface area contributed by atoms with Crippen molar-refractivity contribution in [3.63, 3.8) is 0 Å². The van der Waals surface area contributed by atoms with Gasteiger partial charge in [-0.1, -0.05) is 19.4 Å². The Balaban J connectivity index is 1.78. The van der Waals surface area contributed by atoms with E-state index < -0.39 is 10.0 Å². The Hall–Kier alpha value is -1.56. The lowest BCUT2D eigenvalue weighted by Crippen LogP contribution is -2.30. The minimum absolute atomic E-state index is 0.130. The van der Waals surface area contributed by atoms with Crippen LogP contribution < -0.4 is 9.62 Å². The molecule has 0 spiro atoms. The molecular formula is C16H22N2O3S. The van der Waals surface area contributed by atoms with Gasteiger partial charge in [-0.3, -0.25) is 9.52 Å². The van der Waals surface area contributed by atoms with Crippen LogP contribution in [0.4, 0.5) is 11.4 Å². The average molecular weight is 322 g/mol. The highest BCUT2D eigenvalue weighted by Crippen LogP contribution is 2.37. The van der Waals surface area contributed by atoms with Gasteiger partial charge in [-0.05, 0) is 43.4 Å². The van der Waals surface area contributed by atoms with Crippen molar-refractivity contribution in [3.8, 4) is 0 Å². The molecular weight excluding hydrogens is 300 g/mol. The highest BCUT2D eigenvalue weighted by atomic mass is 32.2. The van der Waals surface area contributed by atoms with E-state index in [1.54, 1.807) is 12.1 Å². The van der Waals surface area contributed by atoms with Gasteiger partial charge in [0, 0.05) is 18.2 Å². The van der Waals surface area contributed by atoms with E-state index in [2.05, 4.69) is 4.72 Å². The molecule has 1 N–H and O–H groups in total. The third-order valence-corrected chi connectivity index (χ3v) is 5.59. The number of sulfonamides is 1. The van der Waals surface area contributed by atoms with Crippen molar-refractivity contribution < 1.29 is 13.2 Å². The largest absolute Gasteiger partial charge is 0.312 e. The fourth-order valence-corrected chi connectivity index (χ4v) is 4.04. The number of fused-ring (bicyclic) bond motifs is 1. The zero-order chi connectivity index (χ0) is 15.7. The molecule has 1 heterocycles. The van der Waals surface area contributed by atoms with Crippen LogP contribution in [0, 0.1) is 5.92 Å². The first-order valence-corrected chi connectivity index (χ1v) is 9.60. The number of nitrogens with zero attached hydrogens (tertiary/aromatic N) is 1. The van der Waals surface area contributed by atoms with E-state index in [9.17, 15) is 13.2 Å². The predicted octanol–water partition coefficient (Wildman–Crippen LogP) is 2.53. The van der Waals surface area contributed by atoms with Crippen LogP contribution in [0.5, 0.6) is 0 Å². The van der Waals surface area contributed by atoms with Crippen LogP contribution in [0.2, 0.25) is 0 Å². The Morgan fingerprint density at radius 1 is 1.36 bits per heavy atom. The van der Waals surface area contributed by atoms with Gasteiger partial charge in [-0.25, -0.2) is 8.42 Å². The number of unbranched alkanes of at least 4 members (excludes halogenated alkanes) is 1. The average Bonchev–Trinajstić information content (AvgIpc) is 3.24. The van der Waals surface area contributed by atoms with Crippen LogP contribution in [0.3, 0.4) is 0 Å². The van der Waals surface area contributed by atoms with E-state index in [0.29, 0.717) is 18.7 Å². The highest BCUT2D eigenvalue weighted by molar-refractivity contribution is 7.92. The summed E-state index contributed by atoms with van der Waals surface area (Å²) >= 11 is 0. The standard InChI is InChI=1S/C16H22N2O3S/c1-2-3-10-22(20,21)17-14-7-6-12-8-9-18(15(12)11-14)16(19)13-4-5-13/h6-7,11,13,17H,2-5,8-10H2,1H3. The summed E-state index contributed by atoms with van der Waals surface area (Å²) in [7, 11) is -3.31. The van der Waals surface area contributed by atoms with Crippen molar-refractivity contribution in [3.05, 3.63) is 23.8 Å². The van der Waals surface area contributed by atoms with Crippen molar-refractivity contribution in [1.82, 2.24) is 0 Å². The molecule has 1 aliphatic carbocycles. The number of rotatable bonds is 6. The normalized spacial score (nSPS) is 17.4. The molecule has 0 aromatic heterocycles. The molecule has 0 atom stereocenters. The smallest absolute Gasteiger partial charge is 0.232 e. The van der Waals surface area contributed by atoms with Gasteiger partial charge in [-0.2, -0.15) is 0 Å². The number of nitrogens with one attached hydrogen (secondary N) is 1. The predicted molar refractivity (Wildman–Crippen MR) is 87.5 cm³/mol. The lowest BCUT2D eigenvalue weighted by molar-refractivity contribution is -0.119. The Morgan fingerprint density at radius 3 is 2.82 bits per heavy atom. The Morgan fingerprint density at radius 2 is 2.14 bits per heavy atom. The summed E-state index contributed by atoms with van der Waals surface area (Å²) < 4.78 is 26.6. The molecule has 2 aliphatic rings. The monoisotopic (exact) mass is 322 g/mol. The van der Waals surface area contributed by atoms with Gasteiger partial charge >= 0.3 is 0 Å². The maximum absolute atomic E-state index is 12.3. The van der Waals surface area contributed by atoms with Crippen LogP contribution >= 0.6 is 0 Å². The first-order valence-electron chi connectivity index (χ1n) is 7.95. The summed E-state index contributed by atoms with van der Waals surface area (Å²) in [5.74, 6) is 0.492. The number of hydrogen-bond acceptors (Lipinski definition) is 3. The van der Waals surface area contributed by atoms with Gasteiger partial charge in [0.2, 0.25) is 15.9 Å². The highest BCUT2D eigenvalue weighted by Gasteiger charge is 2.36. The van der Waals surface area contributed by atoms with E-state index >= 15 is 0 Å². The van der Waals surface area contributed by atoms with Gasteiger partial charge < -0.3 is 4.90 Å². The topological polar surface area (TPSA) is 66.5 Å². The molecule has 6 heteroatoms. The second-order valence-corrected chi connectivity index (χ2v) is 7.97. The molecule has 0 unspecified atom stereocenters. The first-order chi connectivity index (χ1) is 10.5. The molecule has 0 bridgehead atoms. The molecule has 1 aromatic rings. The minimum atomic E-state index is -3.31. The molecule has 1 aromatic carbocycles. The van der Waals surface area contributed by atoms with Crippen molar-refractivity contribution in [2.24, 2.45) is 5.92 Å². The zero-order valence-corrected chi connectivity index (χ0v) is 13.7. The summed E-state index contributed by atoms with van der Waals surface area (Å²) in [4.78, 5) is 14.1. The maximum Gasteiger partial charge on any atom is 0.232 e. The number of amides is 1. The summed E-state index contributed by atoms with van der Waals surface area (Å²) in [5, 5.41) is 0. The van der Waals surface area contributed by atoms with Crippen molar-refractivity contribution in [2.75, 3.05) is 21.9 Å². The zero-order valence-electron chi connectivity index (χ0n) is 12.8. The number of benzene rings is 1. The van der Waals surface area contributed by atoms with E-state index in [4.69, 9.17) is 0 Å². The Kier molecular flexibility index (Phi) is 4.12. The summed E-state index contributed by atoms with van der Waals surface area (Å²) in [6.45, 7) is 2.67. The Labute approximate surface area is 131 Å². The van der Waals surface area contributed by atoms with Gasteiger partial charge in [-0.15, -0.1) is 0 Å². The third kappa shape index (κ3) is 3.27. The molecule has 3 rings (SSSR count). The molecule has 1 amide bonds. The molecule has 22 heavy (non-hydrogen) atoms. The van der Waals surface area contributed by atoms with E-state index in [1.807, 2.05) is 17.9 Å². The lowest BCUT2D eigenvalue weighted by atomic mass is 10.1. The third-order valence-electron chi connectivity index (χ3n) is 4.21. The van der Waals surface area contributed by atoms with Gasteiger partial charge in [0.15, 0.2) is 0 Å². The SMILES string of the molecule is CCCCS(=O)(=O)Nc1ccc2c(c1)N(C(=O)C1CC1)CC2. The second-order valence-electron chi connectivity index (χ2n) is 6.13. The fourth-order valence-electron chi connectivity index (χ4n) is 2.79. The number of carbonyl (C=O) groups excluding carboxylic acids is 1. The van der Waals surface area contributed by atoms with Crippen LogP contribution in [-0.2, 0) is 21.2 Å². The number of carbonyl (C=O) groups is 1. The van der Waals surface area contributed by atoms with Crippen molar-refractivity contribution in [1.29, 1.82) is 0 Å². The summed E-state index contributed by atoms with van der Waals surface area (Å²) in [5.41, 5.74) is 2.53. The molecule has 1 saturated carbocycles. The van der Waals surface area contributed by atoms with E-state index in [0.717, 1.165) is 36.9 Å². The van der Waals surface area contributed by atoms with Crippen LogP contribution in [0.25, 0.3) is 0 Å². The molecule has 5 nitrogen and oxygen atoms in total. The Bertz CT molecular complexity index is 681. The second kappa shape index (κ2) is 5.91. The molecule has 0 radical (unpaired) electrons. The van der Waals surface area contributed by atoms with Gasteiger partial charge in [0.25, 0.3) is 0 Å². The molecule has 1 fully saturated rings. The molecule has 1 aliphatic heterocycles. The minimum Gasteiger partial charge on any atom is -0.312 e. The lowest BCUT2D eigenvalue weighted by Gasteiger charge is -2.18. The number of hydrogen-bond donors (Lipinski definition) is 1. The van der Waals surface area contributed by atoms with Crippen molar-refractivity contribution >= 4 is 27.3 Å². The molecule has 120 valence electrons. The first kappa shape index (κ1) is 15.3. The van der Waals surface area contributed by atoms with Crippen molar-refractivity contribution in [2.45, 2.75) is 39.0 Å². The van der Waals surface area contributed by atoms with Crippen LogP contribution in [0.1, 0.15) is 38.2 Å². The van der Waals surface area contributed by atoms with E-state index in [1.165, 1.54) is 0 Å². The van der Waals surface area contributed by atoms with E-state index in [-0.39, 0.29) is 17.6 Å². The quantitative estimate of drug-likeness (QED) is 0.875. The maximum atomic E-state index is 12.3. The van der Waals surface area contributed by atoms with Gasteiger partial charge in [0.1, 0.15) is 0 Å². The fraction of sp³-hybridized carbons (Fsp3) is 0.562. The van der Waals surface area contributed by atoms with Gasteiger partial charge in [0.05, 0.1) is 11.4 Å². The summed E-state index contributed by atoms with van der Waals surface area (Å²) in [6.07, 6.45) is 4.29. The number of anilines is 2. The summed E-state index contributed by atoms with van der Waals surface area (Å²) in [6, 6.07) is 5.51.